The summed E-state index contributed by atoms with van der Waals surface area (Å²) in [6.45, 7) is 1.60. The molecule has 0 rings (SSSR count). The van der Waals surface area contributed by atoms with Crippen molar-refractivity contribution in [2.75, 3.05) is 0 Å². The van der Waals surface area contributed by atoms with Gasteiger partial charge in [0.1, 0.15) is 0 Å². The molecule has 0 radical (unpaired) electrons. The minimum absolute atomic E-state index is 0.222. The Bertz CT molecular complexity index is 59.2. The number of halogens is 2. The van der Waals surface area contributed by atoms with Gasteiger partial charge in [0, 0.05) is 6.42 Å². The summed E-state index contributed by atoms with van der Waals surface area (Å²) in [7, 11) is 9.78. The number of carbonyl (C=O) groups is 1. The monoisotopic (exact) mass is 192 g/mol. The summed E-state index contributed by atoms with van der Waals surface area (Å²) < 4.78 is 0. The van der Waals surface area contributed by atoms with Gasteiger partial charge in [-0.2, -0.15) is 0 Å². The van der Waals surface area contributed by atoms with Crippen molar-refractivity contribution < 1.29 is 26.9 Å². The van der Waals surface area contributed by atoms with Crippen LogP contribution in [0.2, 0.25) is 0 Å². The molecule has 0 aromatic carbocycles. The molecule has 1 N–H and O–H groups in total. The summed E-state index contributed by atoms with van der Waals surface area (Å²) in [5, 5.41) is 7.72. The maximum absolute atomic E-state index is 9.37. The molecule has 0 aliphatic heterocycles. The number of hydrogen-bond acceptors (Lipinski definition) is 1. The van der Waals surface area contributed by atoms with E-state index in [9.17, 15) is 4.79 Å². The third-order valence-electron chi connectivity index (χ3n) is 0.302. The Morgan fingerprint density at radius 2 is 1.88 bits per heavy atom. The molecule has 0 aromatic heterocycles. The van der Waals surface area contributed by atoms with E-state index in [1.54, 1.807) is 6.92 Å². The van der Waals surface area contributed by atoms with Crippen LogP contribution in [-0.4, -0.2) is 11.1 Å². The van der Waals surface area contributed by atoms with Gasteiger partial charge in [-0.05, 0) is 0 Å². The van der Waals surface area contributed by atoms with E-state index in [1.807, 2.05) is 0 Å². The van der Waals surface area contributed by atoms with Crippen LogP contribution in [0.25, 0.3) is 0 Å². The molecule has 0 aliphatic rings. The van der Waals surface area contributed by atoms with Gasteiger partial charge < -0.3 is 5.11 Å². The molecule has 0 fully saturated rings. The van der Waals surface area contributed by atoms with Crippen molar-refractivity contribution in [1.82, 2.24) is 0 Å². The summed E-state index contributed by atoms with van der Waals surface area (Å²) in [6, 6.07) is 0. The normalized spacial score (nSPS) is 6.38. The van der Waals surface area contributed by atoms with Gasteiger partial charge in [0.25, 0.3) is 0 Å². The van der Waals surface area contributed by atoms with Crippen LogP contribution in [-0.2, 0) is 21.8 Å². The van der Waals surface area contributed by atoms with Crippen LogP contribution in [0, 0.1) is 0 Å². The molecule has 5 heteroatoms. The van der Waals surface area contributed by atoms with E-state index in [2.05, 4.69) is 0 Å². The van der Waals surface area contributed by atoms with Crippen molar-refractivity contribution >= 4 is 24.6 Å². The van der Waals surface area contributed by atoms with Crippen molar-refractivity contribution in [1.29, 1.82) is 0 Å². The fourth-order valence-corrected chi connectivity index (χ4v) is 0. The molecule has 48 valence electrons. The van der Waals surface area contributed by atoms with Crippen LogP contribution in [0.4, 0.5) is 0 Å². The van der Waals surface area contributed by atoms with Crippen LogP contribution in [0.1, 0.15) is 13.3 Å². The second-order valence-corrected chi connectivity index (χ2v) is 3.40. The summed E-state index contributed by atoms with van der Waals surface area (Å²) in [6.07, 6.45) is 0.222. The summed E-state index contributed by atoms with van der Waals surface area (Å²) >= 11 is -0.556. The van der Waals surface area contributed by atoms with E-state index in [-0.39, 0.29) is 6.42 Å². The summed E-state index contributed by atoms with van der Waals surface area (Å²) in [4.78, 5) is 9.37. The molecule has 0 amide bonds. The van der Waals surface area contributed by atoms with Gasteiger partial charge in [0.2, 0.25) is 0 Å². The minimum atomic E-state index is -0.745. The molecule has 2 nitrogen and oxygen atoms in total. The first-order valence-electron chi connectivity index (χ1n) is 1.87. The Kier molecular flexibility index (Phi) is 15.4. The molecule has 0 heterocycles. The maximum atomic E-state index is 9.37. The van der Waals surface area contributed by atoms with Gasteiger partial charge in [0.15, 0.2) is 0 Å². The molecule has 0 unspecified atom stereocenters. The molecule has 0 saturated carbocycles. The van der Waals surface area contributed by atoms with E-state index < -0.39 is 23.0 Å². The van der Waals surface area contributed by atoms with Crippen LogP contribution >= 0.6 is 18.6 Å². The van der Waals surface area contributed by atoms with Crippen molar-refractivity contribution in [3.05, 3.63) is 0 Å². The number of rotatable bonds is 1. The van der Waals surface area contributed by atoms with Crippen LogP contribution in [0.15, 0.2) is 0 Å². The number of aliphatic carboxylic acids is 1. The quantitative estimate of drug-likeness (QED) is 0.645. The van der Waals surface area contributed by atoms with E-state index in [1.165, 1.54) is 0 Å². The Morgan fingerprint density at radius 1 is 1.75 bits per heavy atom. The molecule has 0 aromatic rings. The van der Waals surface area contributed by atoms with Gasteiger partial charge in [-0.1, -0.05) is 6.92 Å². The predicted molar refractivity (Wildman–Crippen MR) is 29.6 cm³/mol. The van der Waals surface area contributed by atoms with E-state index in [4.69, 9.17) is 23.7 Å². The fourth-order valence-electron chi connectivity index (χ4n) is 0. The standard InChI is InChI=1S/C3H6O2.2ClH.Ti/c1-2-3(4)5;;;/h2H2,1H3,(H,4,5);2*1H;/q;;;+2/p-2. The van der Waals surface area contributed by atoms with Gasteiger partial charge >= 0.3 is 41.6 Å². The molecule has 0 saturated heterocycles. The number of carboxylic acids is 1. The number of carboxylic acid groups (broad SMARTS) is 1. The first-order chi connectivity index (χ1) is 3.68. The second kappa shape index (κ2) is 10.7. The Balaban J connectivity index is 0. The zero-order valence-corrected chi connectivity index (χ0v) is 7.39. The van der Waals surface area contributed by atoms with E-state index >= 15 is 0 Å². The Labute approximate surface area is 64.8 Å². The first-order valence-corrected chi connectivity index (χ1v) is 6.16. The second-order valence-electron chi connectivity index (χ2n) is 0.819. The molecule has 0 bridgehead atoms. The van der Waals surface area contributed by atoms with Crippen LogP contribution in [0.5, 0.6) is 0 Å². The first kappa shape index (κ1) is 11.5. The average Bonchev–Trinajstić information content (AvgIpc) is 1.69. The van der Waals surface area contributed by atoms with E-state index in [0.717, 1.165) is 0 Å². The zero-order chi connectivity index (χ0) is 6.99. The Hall–Kier alpha value is 0.764. The van der Waals surface area contributed by atoms with Crippen molar-refractivity contribution in [2.45, 2.75) is 13.3 Å². The van der Waals surface area contributed by atoms with Crippen molar-refractivity contribution in [3.63, 3.8) is 0 Å². The zero-order valence-electron chi connectivity index (χ0n) is 4.32. The van der Waals surface area contributed by atoms with Gasteiger partial charge in [0.05, 0.1) is 0 Å². The van der Waals surface area contributed by atoms with Crippen molar-refractivity contribution in [3.8, 4) is 0 Å². The third kappa shape index (κ3) is 29.4. The topological polar surface area (TPSA) is 37.3 Å². The fraction of sp³-hybridized carbons (Fsp3) is 0.667. The SMILES string of the molecule is CCC(=O)O.[Cl][Ti][Cl]. The average molecular weight is 193 g/mol. The molecule has 0 spiro atoms. The van der Waals surface area contributed by atoms with Gasteiger partial charge in [-0.25, -0.2) is 0 Å². The van der Waals surface area contributed by atoms with Gasteiger partial charge in [-0.15, -0.1) is 0 Å². The molecular weight excluding hydrogens is 187 g/mol. The molecule has 8 heavy (non-hydrogen) atoms. The van der Waals surface area contributed by atoms with Crippen LogP contribution in [0.3, 0.4) is 0 Å². The van der Waals surface area contributed by atoms with Crippen LogP contribution < -0.4 is 0 Å². The summed E-state index contributed by atoms with van der Waals surface area (Å²) in [5.41, 5.74) is 0. The molecule has 0 atom stereocenters. The number of hydrogen-bond donors (Lipinski definition) is 1. The van der Waals surface area contributed by atoms with E-state index in [0.29, 0.717) is 0 Å². The summed E-state index contributed by atoms with van der Waals surface area (Å²) in [5.74, 6) is -0.745. The Morgan fingerprint density at radius 3 is 1.88 bits per heavy atom. The third-order valence-corrected chi connectivity index (χ3v) is 0.302. The molecular formula is C3H6Cl2O2Ti. The predicted octanol–water partition coefficient (Wildman–Crippen LogP) is 1.86. The van der Waals surface area contributed by atoms with Gasteiger partial charge in [-0.3, -0.25) is 4.79 Å². The molecule has 0 aliphatic carbocycles. The van der Waals surface area contributed by atoms with Crippen molar-refractivity contribution in [2.24, 2.45) is 0 Å².